The van der Waals surface area contributed by atoms with Crippen molar-refractivity contribution in [3.63, 3.8) is 0 Å². The number of aromatic nitrogens is 1. The molecule has 0 aromatic carbocycles. The number of halogens is 1. The van der Waals surface area contributed by atoms with Gasteiger partial charge < -0.3 is 9.80 Å². The fourth-order valence-electron chi connectivity index (χ4n) is 2.27. The lowest BCUT2D eigenvalue weighted by molar-refractivity contribution is 0.252. The minimum atomic E-state index is 0.533. The Balaban J connectivity index is 2.00. The first-order valence-electron chi connectivity index (χ1n) is 6.13. The second kappa shape index (κ2) is 5.69. The maximum atomic E-state index is 5.76. The summed E-state index contributed by atoms with van der Waals surface area (Å²) in [6.45, 7) is 2.35. The molecule has 1 aromatic heterocycles. The van der Waals surface area contributed by atoms with Gasteiger partial charge in [-0.05, 0) is 44.6 Å². The van der Waals surface area contributed by atoms with E-state index in [0.717, 1.165) is 11.4 Å². The van der Waals surface area contributed by atoms with Crippen molar-refractivity contribution >= 4 is 17.4 Å². The SMILES string of the molecule is CN1CCC(N(C)c2ccc(CCl)cn2)CC1. The zero-order valence-electron chi connectivity index (χ0n) is 10.6. The van der Waals surface area contributed by atoms with Gasteiger partial charge in [0.2, 0.25) is 0 Å². The van der Waals surface area contributed by atoms with E-state index in [1.54, 1.807) is 0 Å². The van der Waals surface area contributed by atoms with Crippen LogP contribution in [0.15, 0.2) is 18.3 Å². The van der Waals surface area contributed by atoms with E-state index in [-0.39, 0.29) is 0 Å². The molecule has 0 unspecified atom stereocenters. The number of alkyl halides is 1. The van der Waals surface area contributed by atoms with Crippen LogP contribution in [0.4, 0.5) is 5.82 Å². The number of anilines is 1. The Hall–Kier alpha value is -0.800. The molecule has 3 nitrogen and oxygen atoms in total. The molecule has 0 bridgehead atoms. The molecular weight excluding hydrogens is 234 g/mol. The molecule has 1 saturated heterocycles. The Morgan fingerprint density at radius 1 is 1.41 bits per heavy atom. The number of hydrogen-bond donors (Lipinski definition) is 0. The van der Waals surface area contributed by atoms with Gasteiger partial charge in [-0.15, -0.1) is 11.6 Å². The predicted molar refractivity (Wildman–Crippen MR) is 72.7 cm³/mol. The van der Waals surface area contributed by atoms with Gasteiger partial charge in [-0.2, -0.15) is 0 Å². The summed E-state index contributed by atoms with van der Waals surface area (Å²) >= 11 is 5.76. The summed E-state index contributed by atoms with van der Waals surface area (Å²) in [5.41, 5.74) is 1.08. The first-order chi connectivity index (χ1) is 8.20. The number of likely N-dealkylation sites (tertiary alicyclic amines) is 1. The van der Waals surface area contributed by atoms with Gasteiger partial charge in [0.25, 0.3) is 0 Å². The van der Waals surface area contributed by atoms with Gasteiger partial charge in [-0.1, -0.05) is 6.07 Å². The lowest BCUT2D eigenvalue weighted by Crippen LogP contribution is -2.42. The van der Waals surface area contributed by atoms with E-state index in [9.17, 15) is 0 Å². The molecule has 0 N–H and O–H groups in total. The molecule has 4 heteroatoms. The predicted octanol–water partition coefficient (Wildman–Crippen LogP) is 2.35. The van der Waals surface area contributed by atoms with Crippen LogP contribution in [0.5, 0.6) is 0 Å². The fraction of sp³-hybridized carbons (Fsp3) is 0.615. The first kappa shape index (κ1) is 12.7. The Morgan fingerprint density at radius 3 is 2.65 bits per heavy atom. The van der Waals surface area contributed by atoms with Gasteiger partial charge in [0.1, 0.15) is 5.82 Å². The summed E-state index contributed by atoms with van der Waals surface area (Å²) in [5.74, 6) is 1.58. The number of hydrogen-bond acceptors (Lipinski definition) is 3. The number of pyridine rings is 1. The third kappa shape index (κ3) is 3.11. The Kier molecular flexibility index (Phi) is 4.24. The van der Waals surface area contributed by atoms with Gasteiger partial charge in [0.05, 0.1) is 0 Å². The van der Waals surface area contributed by atoms with Crippen molar-refractivity contribution < 1.29 is 0 Å². The van der Waals surface area contributed by atoms with Crippen LogP contribution >= 0.6 is 11.6 Å². The highest BCUT2D eigenvalue weighted by molar-refractivity contribution is 6.17. The largest absolute Gasteiger partial charge is 0.357 e. The number of rotatable bonds is 3. The van der Waals surface area contributed by atoms with E-state index in [0.29, 0.717) is 11.9 Å². The van der Waals surface area contributed by atoms with Crippen LogP contribution in [0.25, 0.3) is 0 Å². The molecule has 2 heterocycles. The van der Waals surface area contributed by atoms with E-state index < -0.39 is 0 Å². The molecule has 1 fully saturated rings. The van der Waals surface area contributed by atoms with E-state index in [4.69, 9.17) is 11.6 Å². The van der Waals surface area contributed by atoms with Crippen molar-refractivity contribution in [1.29, 1.82) is 0 Å². The van der Waals surface area contributed by atoms with Crippen molar-refractivity contribution in [2.24, 2.45) is 0 Å². The monoisotopic (exact) mass is 253 g/mol. The topological polar surface area (TPSA) is 19.4 Å². The minimum absolute atomic E-state index is 0.533. The summed E-state index contributed by atoms with van der Waals surface area (Å²) in [6, 6.07) is 4.73. The van der Waals surface area contributed by atoms with Crippen molar-refractivity contribution in [2.75, 3.05) is 32.1 Å². The van der Waals surface area contributed by atoms with Crippen LogP contribution in [0.2, 0.25) is 0 Å². The zero-order chi connectivity index (χ0) is 12.3. The maximum absolute atomic E-state index is 5.76. The smallest absolute Gasteiger partial charge is 0.128 e. The molecule has 0 spiro atoms. The highest BCUT2D eigenvalue weighted by atomic mass is 35.5. The minimum Gasteiger partial charge on any atom is -0.357 e. The number of piperidine rings is 1. The average molecular weight is 254 g/mol. The molecule has 1 aromatic rings. The Bertz CT molecular complexity index is 344. The second-order valence-electron chi connectivity index (χ2n) is 4.80. The summed E-state index contributed by atoms with van der Waals surface area (Å²) in [5, 5.41) is 0. The van der Waals surface area contributed by atoms with E-state index >= 15 is 0 Å². The highest BCUT2D eigenvalue weighted by Crippen LogP contribution is 2.20. The maximum Gasteiger partial charge on any atom is 0.128 e. The molecular formula is C13H20ClN3. The molecule has 0 aliphatic carbocycles. The third-order valence-corrected chi connectivity index (χ3v) is 3.87. The zero-order valence-corrected chi connectivity index (χ0v) is 11.3. The molecule has 0 atom stereocenters. The summed E-state index contributed by atoms with van der Waals surface area (Å²) in [4.78, 5) is 9.15. The van der Waals surface area contributed by atoms with E-state index in [1.165, 1.54) is 25.9 Å². The lowest BCUT2D eigenvalue weighted by Gasteiger charge is -2.35. The Labute approximate surface area is 108 Å². The third-order valence-electron chi connectivity index (χ3n) is 3.56. The Morgan fingerprint density at radius 2 is 2.12 bits per heavy atom. The molecule has 0 amide bonds. The van der Waals surface area contributed by atoms with Crippen LogP contribution in [-0.2, 0) is 5.88 Å². The van der Waals surface area contributed by atoms with Crippen LogP contribution < -0.4 is 4.90 Å². The molecule has 0 radical (unpaired) electrons. The van der Waals surface area contributed by atoms with Crippen LogP contribution in [0.3, 0.4) is 0 Å². The van der Waals surface area contributed by atoms with Gasteiger partial charge in [0.15, 0.2) is 0 Å². The van der Waals surface area contributed by atoms with Crippen molar-refractivity contribution in [2.45, 2.75) is 24.8 Å². The summed E-state index contributed by atoms with van der Waals surface area (Å²) in [7, 11) is 4.32. The fourth-order valence-corrected chi connectivity index (χ4v) is 2.43. The lowest BCUT2D eigenvalue weighted by atomic mass is 10.0. The quantitative estimate of drug-likeness (QED) is 0.771. The van der Waals surface area contributed by atoms with Crippen LogP contribution in [-0.4, -0.2) is 43.1 Å². The summed E-state index contributed by atoms with van der Waals surface area (Å²) in [6.07, 6.45) is 4.30. The van der Waals surface area contributed by atoms with Gasteiger partial charge in [-0.25, -0.2) is 4.98 Å². The van der Waals surface area contributed by atoms with Crippen LogP contribution in [0, 0.1) is 0 Å². The number of nitrogens with zero attached hydrogens (tertiary/aromatic N) is 3. The molecule has 94 valence electrons. The van der Waals surface area contributed by atoms with E-state index in [2.05, 4.69) is 41.0 Å². The van der Waals surface area contributed by atoms with Crippen LogP contribution in [0.1, 0.15) is 18.4 Å². The van der Waals surface area contributed by atoms with Crippen molar-refractivity contribution in [3.05, 3.63) is 23.9 Å². The molecule has 0 saturated carbocycles. The van der Waals surface area contributed by atoms with E-state index in [1.807, 2.05) is 6.20 Å². The van der Waals surface area contributed by atoms with Gasteiger partial charge in [0, 0.05) is 25.2 Å². The standard InChI is InChI=1S/C13H20ClN3/c1-16-7-5-12(6-8-16)17(2)13-4-3-11(9-14)10-15-13/h3-4,10,12H,5-9H2,1-2H3. The van der Waals surface area contributed by atoms with Gasteiger partial charge >= 0.3 is 0 Å². The summed E-state index contributed by atoms with van der Waals surface area (Å²) < 4.78 is 0. The molecule has 1 aliphatic rings. The van der Waals surface area contributed by atoms with Gasteiger partial charge in [-0.3, -0.25) is 0 Å². The second-order valence-corrected chi connectivity index (χ2v) is 5.07. The molecule has 17 heavy (non-hydrogen) atoms. The highest BCUT2D eigenvalue weighted by Gasteiger charge is 2.21. The normalized spacial score (nSPS) is 18.3. The van der Waals surface area contributed by atoms with Crippen molar-refractivity contribution in [3.8, 4) is 0 Å². The van der Waals surface area contributed by atoms with Crippen molar-refractivity contribution in [1.82, 2.24) is 9.88 Å². The molecule has 1 aliphatic heterocycles. The average Bonchev–Trinajstić information content (AvgIpc) is 2.39. The first-order valence-corrected chi connectivity index (χ1v) is 6.66. The molecule has 2 rings (SSSR count).